The van der Waals surface area contributed by atoms with E-state index in [4.69, 9.17) is 24.7 Å². The molecular formula is C24H28N2O4. The summed E-state index contributed by atoms with van der Waals surface area (Å²) in [5.74, 6) is 1.64. The van der Waals surface area contributed by atoms with Crippen molar-refractivity contribution in [2.24, 2.45) is 0 Å². The predicted molar refractivity (Wildman–Crippen MR) is 117 cm³/mol. The Hall–Kier alpha value is -3.09. The maximum atomic E-state index is 6.22. The molecule has 0 saturated heterocycles. The molecule has 0 amide bonds. The number of nitrogen functional groups attached to an aromatic ring is 1. The van der Waals surface area contributed by atoms with E-state index in [1.54, 1.807) is 20.4 Å². The normalized spacial score (nSPS) is 10.7. The lowest BCUT2D eigenvalue weighted by Crippen LogP contribution is -2.09. The topological polar surface area (TPSA) is 75.8 Å². The number of aromatic nitrogens is 1. The van der Waals surface area contributed by atoms with Crippen LogP contribution in [0.25, 0.3) is 0 Å². The molecule has 0 fully saturated rings. The fraction of sp³-hybridized carbons (Fsp3) is 0.292. The zero-order valence-electron chi connectivity index (χ0n) is 17.5. The molecule has 0 atom stereocenters. The van der Waals surface area contributed by atoms with Gasteiger partial charge in [-0.2, -0.15) is 0 Å². The molecule has 6 nitrogen and oxygen atoms in total. The predicted octanol–water partition coefficient (Wildman–Crippen LogP) is 4.01. The van der Waals surface area contributed by atoms with Crippen LogP contribution in [0.1, 0.15) is 22.4 Å². The fourth-order valence-electron chi connectivity index (χ4n) is 3.11. The van der Waals surface area contributed by atoms with E-state index in [2.05, 4.69) is 4.98 Å². The van der Waals surface area contributed by atoms with Gasteiger partial charge in [-0.1, -0.05) is 24.3 Å². The van der Waals surface area contributed by atoms with Gasteiger partial charge in [-0.05, 0) is 41.5 Å². The minimum absolute atomic E-state index is 0.382. The summed E-state index contributed by atoms with van der Waals surface area (Å²) >= 11 is 0. The van der Waals surface area contributed by atoms with Gasteiger partial charge >= 0.3 is 0 Å². The summed E-state index contributed by atoms with van der Waals surface area (Å²) in [6, 6.07) is 17.6. The summed E-state index contributed by atoms with van der Waals surface area (Å²) in [4.78, 5) is 4.47. The van der Waals surface area contributed by atoms with Gasteiger partial charge in [0.2, 0.25) is 0 Å². The van der Waals surface area contributed by atoms with E-state index >= 15 is 0 Å². The van der Waals surface area contributed by atoms with E-state index in [-0.39, 0.29) is 0 Å². The Labute approximate surface area is 177 Å². The van der Waals surface area contributed by atoms with Crippen LogP contribution in [-0.4, -0.2) is 32.4 Å². The molecule has 6 heteroatoms. The molecule has 0 radical (unpaired) electrons. The first-order valence-electron chi connectivity index (χ1n) is 9.83. The molecule has 158 valence electrons. The van der Waals surface area contributed by atoms with E-state index in [0.29, 0.717) is 38.5 Å². The molecule has 0 aliphatic carbocycles. The highest BCUT2D eigenvalue weighted by atomic mass is 16.5. The van der Waals surface area contributed by atoms with E-state index in [1.807, 2.05) is 54.6 Å². The third-order valence-electron chi connectivity index (χ3n) is 4.71. The van der Waals surface area contributed by atoms with Crippen LogP contribution < -0.4 is 15.2 Å². The summed E-state index contributed by atoms with van der Waals surface area (Å²) in [6.07, 6.45) is 2.38. The third kappa shape index (κ3) is 6.20. The highest BCUT2D eigenvalue weighted by molar-refractivity contribution is 5.50. The Morgan fingerprint density at radius 1 is 0.800 bits per heavy atom. The molecule has 1 aromatic heterocycles. The molecule has 0 aliphatic heterocycles. The molecule has 3 aromatic rings. The van der Waals surface area contributed by atoms with Gasteiger partial charge in [0, 0.05) is 23.9 Å². The monoisotopic (exact) mass is 408 g/mol. The minimum atomic E-state index is 0.382. The van der Waals surface area contributed by atoms with Gasteiger partial charge < -0.3 is 24.7 Å². The van der Waals surface area contributed by atoms with Crippen LogP contribution in [0.3, 0.4) is 0 Å². The van der Waals surface area contributed by atoms with E-state index in [0.717, 1.165) is 33.9 Å². The zero-order valence-corrected chi connectivity index (χ0v) is 17.5. The summed E-state index contributed by atoms with van der Waals surface area (Å²) in [6.45, 7) is 1.86. The number of ether oxygens (including phenoxy) is 4. The molecule has 3 rings (SSSR count). The van der Waals surface area contributed by atoms with Gasteiger partial charge in [-0.25, -0.2) is 0 Å². The lowest BCUT2D eigenvalue weighted by molar-refractivity contribution is 0.0326. The molecule has 0 spiro atoms. The smallest absolute Gasteiger partial charge is 0.119 e. The molecular weight excluding hydrogens is 380 g/mol. The lowest BCUT2D eigenvalue weighted by Gasteiger charge is -2.13. The van der Waals surface area contributed by atoms with Crippen LogP contribution in [0.2, 0.25) is 0 Å². The van der Waals surface area contributed by atoms with Gasteiger partial charge in [0.15, 0.2) is 0 Å². The van der Waals surface area contributed by atoms with Crippen molar-refractivity contribution in [3.63, 3.8) is 0 Å². The van der Waals surface area contributed by atoms with Gasteiger partial charge in [-0.3, -0.25) is 4.98 Å². The highest BCUT2D eigenvalue weighted by Gasteiger charge is 2.10. The number of nitrogens with zero attached hydrogens (tertiary/aromatic N) is 1. The van der Waals surface area contributed by atoms with Crippen LogP contribution in [0, 0.1) is 0 Å². The van der Waals surface area contributed by atoms with Crippen molar-refractivity contribution >= 4 is 5.69 Å². The van der Waals surface area contributed by atoms with E-state index < -0.39 is 0 Å². The van der Waals surface area contributed by atoms with Gasteiger partial charge in [0.1, 0.15) is 11.5 Å². The van der Waals surface area contributed by atoms with Crippen molar-refractivity contribution < 1.29 is 18.9 Å². The number of nitrogens with two attached hydrogens (primary N) is 1. The SMILES string of the molecule is COc1cccc(COCCOCc2nccc(N)c2Cc2cccc(OC)c2)c1. The standard InChI is InChI=1S/C24H28N2O4/c1-27-20-7-3-5-18(13-20)15-22-23(25)9-10-26-24(22)17-30-12-11-29-16-19-6-4-8-21(14-19)28-2/h3-10,13-14H,11-12,15-17H2,1-2H3,(H2,25,26). The number of benzene rings is 2. The zero-order chi connectivity index (χ0) is 21.2. The van der Waals surface area contributed by atoms with Crippen molar-refractivity contribution in [3.05, 3.63) is 83.2 Å². The Balaban J connectivity index is 1.50. The maximum Gasteiger partial charge on any atom is 0.119 e. The number of hydrogen-bond donors (Lipinski definition) is 1. The van der Waals surface area contributed by atoms with Crippen LogP contribution >= 0.6 is 0 Å². The fourth-order valence-corrected chi connectivity index (χ4v) is 3.11. The molecule has 0 unspecified atom stereocenters. The number of methoxy groups -OCH3 is 2. The summed E-state index contributed by atoms with van der Waals surface area (Å²) in [7, 11) is 3.31. The Kier molecular flexibility index (Phi) is 8.06. The van der Waals surface area contributed by atoms with Gasteiger partial charge in [0.25, 0.3) is 0 Å². The van der Waals surface area contributed by atoms with Crippen molar-refractivity contribution in [3.8, 4) is 11.5 Å². The second-order valence-corrected chi connectivity index (χ2v) is 6.81. The lowest BCUT2D eigenvalue weighted by atomic mass is 10.0. The summed E-state index contributed by atoms with van der Waals surface area (Å²) in [5.41, 5.74) is 10.9. The first-order chi connectivity index (χ1) is 14.7. The molecule has 2 aromatic carbocycles. The highest BCUT2D eigenvalue weighted by Crippen LogP contribution is 2.22. The molecule has 0 aliphatic rings. The molecule has 30 heavy (non-hydrogen) atoms. The second-order valence-electron chi connectivity index (χ2n) is 6.81. The largest absolute Gasteiger partial charge is 0.497 e. The second kappa shape index (κ2) is 11.2. The van der Waals surface area contributed by atoms with E-state index in [1.165, 1.54) is 0 Å². The Morgan fingerprint density at radius 2 is 1.43 bits per heavy atom. The summed E-state index contributed by atoms with van der Waals surface area (Å²) in [5, 5.41) is 0. The van der Waals surface area contributed by atoms with Crippen LogP contribution in [0.4, 0.5) is 5.69 Å². The van der Waals surface area contributed by atoms with Gasteiger partial charge in [0.05, 0.1) is 46.3 Å². The average molecular weight is 408 g/mol. The van der Waals surface area contributed by atoms with Crippen molar-refractivity contribution in [1.29, 1.82) is 0 Å². The maximum absolute atomic E-state index is 6.22. The Bertz CT molecular complexity index is 946. The molecule has 1 heterocycles. The van der Waals surface area contributed by atoms with Gasteiger partial charge in [-0.15, -0.1) is 0 Å². The van der Waals surface area contributed by atoms with Crippen LogP contribution in [0.15, 0.2) is 60.8 Å². The number of pyridine rings is 1. The third-order valence-corrected chi connectivity index (χ3v) is 4.71. The van der Waals surface area contributed by atoms with Crippen LogP contribution in [0.5, 0.6) is 11.5 Å². The van der Waals surface area contributed by atoms with Crippen molar-refractivity contribution in [1.82, 2.24) is 4.98 Å². The van der Waals surface area contributed by atoms with E-state index in [9.17, 15) is 0 Å². The molecule has 0 bridgehead atoms. The molecule has 2 N–H and O–H groups in total. The number of anilines is 1. The van der Waals surface area contributed by atoms with Crippen molar-refractivity contribution in [2.75, 3.05) is 33.2 Å². The minimum Gasteiger partial charge on any atom is -0.497 e. The first-order valence-corrected chi connectivity index (χ1v) is 9.83. The van der Waals surface area contributed by atoms with Crippen LogP contribution in [-0.2, 0) is 29.1 Å². The average Bonchev–Trinajstić information content (AvgIpc) is 2.78. The Morgan fingerprint density at radius 3 is 2.13 bits per heavy atom. The summed E-state index contributed by atoms with van der Waals surface area (Å²) < 4.78 is 22.0. The number of hydrogen-bond acceptors (Lipinski definition) is 6. The molecule has 0 saturated carbocycles. The first kappa shape index (κ1) is 21.6. The quantitative estimate of drug-likeness (QED) is 0.483. The number of rotatable bonds is 11. The van der Waals surface area contributed by atoms with Crippen molar-refractivity contribution in [2.45, 2.75) is 19.6 Å².